The van der Waals surface area contributed by atoms with Crippen LogP contribution in [0, 0.1) is 34.5 Å². The number of carbonyl (C=O) groups is 4. The van der Waals surface area contributed by atoms with Gasteiger partial charge in [0.25, 0.3) is 5.91 Å². The van der Waals surface area contributed by atoms with Gasteiger partial charge in [0, 0.05) is 67.6 Å². The highest BCUT2D eigenvalue weighted by Crippen LogP contribution is 2.55. The van der Waals surface area contributed by atoms with Gasteiger partial charge in [0.15, 0.2) is 0 Å². The van der Waals surface area contributed by atoms with Crippen molar-refractivity contribution in [2.45, 2.75) is 118 Å². The molecule has 4 amide bonds. The van der Waals surface area contributed by atoms with E-state index >= 15 is 0 Å². The summed E-state index contributed by atoms with van der Waals surface area (Å²) < 4.78 is 6.38. The molecule has 374 valence electrons. The predicted octanol–water partition coefficient (Wildman–Crippen LogP) is 7.18. The summed E-state index contributed by atoms with van der Waals surface area (Å²) in [6.45, 7) is 22.0. The van der Waals surface area contributed by atoms with Gasteiger partial charge in [-0.1, -0.05) is 96.5 Å². The summed E-state index contributed by atoms with van der Waals surface area (Å²) in [5, 5.41) is 29.6. The molecule has 0 unspecified atom stereocenters. The largest absolute Gasteiger partial charge is 0.489 e. The zero-order valence-electron chi connectivity index (χ0n) is 42.0. The van der Waals surface area contributed by atoms with Crippen LogP contribution >= 0.6 is 22.9 Å². The molecule has 0 bridgehead atoms. The normalized spacial score (nSPS) is 22.0. The number of aryl methyl sites for hydroxylation is 2. The molecule has 2 aliphatic heterocycles. The molecule has 1 aromatic heterocycles. The van der Waals surface area contributed by atoms with E-state index in [0.717, 1.165) is 59.7 Å². The number of carbonyl (C=O) groups excluding carboxylic acids is 4. The monoisotopic (exact) mass is 992 g/mol. The first kappa shape index (κ1) is 52.5. The number of thiazole rings is 1. The maximum Gasteiger partial charge on any atom is 0.251 e. The van der Waals surface area contributed by atoms with Crippen LogP contribution in [0.5, 0.6) is 5.75 Å². The fourth-order valence-electron chi connectivity index (χ4n) is 10.7. The Morgan fingerprint density at radius 3 is 2.21 bits per heavy atom. The molecule has 1 saturated carbocycles. The van der Waals surface area contributed by atoms with Crippen LogP contribution < -0.4 is 20.7 Å². The number of nitrogens with zero attached hydrogens (tertiary/aromatic N) is 5. The molecular formula is C54H69ClN8O6S. The highest BCUT2D eigenvalue weighted by atomic mass is 35.5. The summed E-state index contributed by atoms with van der Waals surface area (Å²) in [6, 6.07) is 20.7. The number of aliphatic hydroxyl groups excluding tert-OH is 1. The van der Waals surface area contributed by atoms with Crippen molar-refractivity contribution in [1.82, 2.24) is 35.6 Å². The Morgan fingerprint density at radius 1 is 0.957 bits per heavy atom. The number of amides is 4. The van der Waals surface area contributed by atoms with Crippen LogP contribution in [0.2, 0.25) is 5.02 Å². The number of benzene rings is 3. The maximum atomic E-state index is 14.2. The number of rotatable bonds is 16. The highest BCUT2D eigenvalue weighted by molar-refractivity contribution is 7.13. The van der Waals surface area contributed by atoms with Gasteiger partial charge in [-0.2, -0.15) is 5.26 Å². The Morgan fingerprint density at radius 2 is 1.61 bits per heavy atom. The lowest BCUT2D eigenvalue weighted by Crippen LogP contribution is -2.74. The van der Waals surface area contributed by atoms with Crippen LogP contribution in [0.3, 0.4) is 0 Å². The van der Waals surface area contributed by atoms with Crippen LogP contribution in [0.4, 0.5) is 0 Å². The summed E-state index contributed by atoms with van der Waals surface area (Å²) in [4.78, 5) is 66.4. The summed E-state index contributed by atoms with van der Waals surface area (Å²) in [5.41, 5.74) is 5.53. The smallest absolute Gasteiger partial charge is 0.251 e. The number of nitriles is 1. The molecule has 4 atom stereocenters. The number of halogens is 1. The van der Waals surface area contributed by atoms with Crippen molar-refractivity contribution < 1.29 is 29.0 Å². The maximum absolute atomic E-state index is 14.2. The van der Waals surface area contributed by atoms with Crippen LogP contribution in [-0.2, 0) is 20.8 Å². The molecule has 3 fully saturated rings. The minimum absolute atomic E-state index is 0.0109. The van der Waals surface area contributed by atoms with Gasteiger partial charge in [-0.15, -0.1) is 11.3 Å². The SMILES string of the molecule is Cc1ncsc1-c1ccc([C@H](C)NC(=O)[C@@H]2C[C@@H](O)CN2C(=O)[C@@H](NC(=O)CN2CCN(CCCc3ccc(C(=O)NC4C(C)(C)C(Oc5ccc(C#N)c(Cl)c5)C4(C)C)cc3)CC2)C(C)(C)C)cc1. The molecule has 3 heterocycles. The topological polar surface area (TPSA) is 180 Å². The molecule has 2 saturated heterocycles. The molecule has 14 nitrogen and oxygen atoms in total. The van der Waals surface area contributed by atoms with E-state index in [9.17, 15) is 29.5 Å². The first-order valence-corrected chi connectivity index (χ1v) is 25.6. The molecule has 3 aromatic carbocycles. The van der Waals surface area contributed by atoms with Crippen molar-refractivity contribution in [2.24, 2.45) is 16.2 Å². The average molecular weight is 994 g/mol. The van der Waals surface area contributed by atoms with Crippen LogP contribution in [0.1, 0.15) is 107 Å². The van der Waals surface area contributed by atoms with E-state index in [0.29, 0.717) is 35.0 Å². The lowest BCUT2D eigenvalue weighted by atomic mass is 9.49. The molecule has 4 N–H and O–H groups in total. The lowest BCUT2D eigenvalue weighted by Gasteiger charge is -2.63. The Kier molecular flexibility index (Phi) is 16.1. The number of nitrogens with one attached hydrogen (secondary N) is 3. The quantitative estimate of drug-likeness (QED) is 0.0899. The van der Waals surface area contributed by atoms with E-state index in [2.05, 4.69) is 64.5 Å². The second kappa shape index (κ2) is 21.5. The molecule has 0 spiro atoms. The zero-order valence-corrected chi connectivity index (χ0v) is 43.5. The third-order valence-electron chi connectivity index (χ3n) is 14.5. The minimum Gasteiger partial charge on any atom is -0.489 e. The summed E-state index contributed by atoms with van der Waals surface area (Å²) in [7, 11) is 0. The molecule has 3 aliphatic rings. The van der Waals surface area contributed by atoms with Crippen LogP contribution in [0.25, 0.3) is 10.4 Å². The van der Waals surface area contributed by atoms with Gasteiger partial charge >= 0.3 is 0 Å². The first-order valence-electron chi connectivity index (χ1n) is 24.4. The molecule has 16 heteroatoms. The van der Waals surface area contributed by atoms with Gasteiger partial charge in [-0.3, -0.25) is 24.1 Å². The van der Waals surface area contributed by atoms with E-state index in [1.807, 2.05) is 88.7 Å². The highest BCUT2D eigenvalue weighted by Gasteiger charge is 2.64. The Bertz CT molecular complexity index is 2550. The Balaban J connectivity index is 0.833. The van der Waals surface area contributed by atoms with E-state index < -0.39 is 23.6 Å². The van der Waals surface area contributed by atoms with Crippen molar-refractivity contribution >= 4 is 46.6 Å². The average Bonchev–Trinajstić information content (AvgIpc) is 3.94. The molecule has 7 rings (SSSR count). The third-order valence-corrected chi connectivity index (χ3v) is 15.8. The molecular weight excluding hydrogens is 924 g/mol. The minimum atomic E-state index is -0.900. The lowest BCUT2D eigenvalue weighted by molar-refractivity contribution is -0.164. The summed E-state index contributed by atoms with van der Waals surface area (Å²) >= 11 is 7.84. The third kappa shape index (κ3) is 11.9. The Labute approximate surface area is 422 Å². The van der Waals surface area contributed by atoms with E-state index in [-0.39, 0.29) is 72.2 Å². The van der Waals surface area contributed by atoms with Crippen LogP contribution in [-0.4, -0.2) is 125 Å². The van der Waals surface area contributed by atoms with Crippen molar-refractivity contribution in [3.8, 4) is 22.3 Å². The molecule has 1 aliphatic carbocycles. The van der Waals surface area contributed by atoms with Gasteiger partial charge in [0.05, 0.1) is 45.4 Å². The molecule has 70 heavy (non-hydrogen) atoms. The van der Waals surface area contributed by atoms with E-state index in [1.54, 1.807) is 29.5 Å². The number of ether oxygens (including phenoxy) is 1. The summed E-state index contributed by atoms with van der Waals surface area (Å²) in [5.74, 6) is -0.521. The summed E-state index contributed by atoms with van der Waals surface area (Å²) in [6.07, 6.45) is 0.878. The first-order chi connectivity index (χ1) is 33.1. The standard InChI is InChI=1S/C54H69ClN8O6S/c1-33(36-16-18-37(19-17-36)45-34(2)57-32-70-45)58-48(67)43-27-40(64)30-63(43)49(68)46(52(3,4)5)59-44(65)31-62-25-23-61(24-26-62)22-10-11-35-12-14-38(15-13-35)47(66)60-50-53(6,7)51(54(50,8)9)69-41-21-20-39(29-56)42(55)28-41/h12-21,28,32-33,40,43,46,50-51,64H,10-11,22-27,30-31H2,1-9H3,(H,58,67)(H,59,65)(H,60,66)/t33-,40+,43-,46+,50?,51?/m0/s1. The van der Waals surface area contributed by atoms with Crippen molar-refractivity contribution in [3.63, 3.8) is 0 Å². The number of hydrogen-bond acceptors (Lipinski definition) is 11. The predicted molar refractivity (Wildman–Crippen MR) is 273 cm³/mol. The number of hydrogen-bond donors (Lipinski definition) is 4. The van der Waals surface area contributed by atoms with Gasteiger partial charge in [0.2, 0.25) is 17.7 Å². The van der Waals surface area contributed by atoms with Gasteiger partial charge in [-0.05, 0) is 79.6 Å². The Hall–Kier alpha value is -5.37. The van der Waals surface area contributed by atoms with Gasteiger partial charge in [-0.25, -0.2) is 4.98 Å². The number of aromatic nitrogens is 1. The number of β-amino-alcohol motifs (C(OH)–C–C–N with tert-alkyl or cyclic N) is 1. The van der Waals surface area contributed by atoms with Crippen LogP contribution in [0.15, 0.2) is 72.2 Å². The second-order valence-electron chi connectivity index (χ2n) is 21.6. The zero-order chi connectivity index (χ0) is 50.7. The fraction of sp³-hybridized carbons (Fsp3) is 0.519. The van der Waals surface area contributed by atoms with Gasteiger partial charge in [0.1, 0.15) is 30.0 Å². The number of piperazine rings is 1. The fourth-order valence-corrected chi connectivity index (χ4v) is 11.8. The molecule has 0 radical (unpaired) electrons. The van der Waals surface area contributed by atoms with E-state index in [4.69, 9.17) is 16.3 Å². The van der Waals surface area contributed by atoms with E-state index in [1.165, 1.54) is 4.90 Å². The number of aliphatic hydroxyl groups is 1. The second-order valence-corrected chi connectivity index (χ2v) is 22.9. The van der Waals surface area contributed by atoms with Crippen molar-refractivity contribution in [3.05, 3.63) is 105 Å². The number of likely N-dealkylation sites (tertiary alicyclic amines) is 1. The van der Waals surface area contributed by atoms with Crippen molar-refractivity contribution in [2.75, 3.05) is 45.8 Å². The van der Waals surface area contributed by atoms with Crippen molar-refractivity contribution in [1.29, 1.82) is 5.26 Å². The van der Waals surface area contributed by atoms with Gasteiger partial charge < -0.3 is 35.6 Å². The molecule has 4 aromatic rings.